The Morgan fingerprint density at radius 2 is 0.636 bits per heavy atom. The number of aromatic amines is 2. The van der Waals surface area contributed by atoms with Crippen LogP contribution in [0.1, 0.15) is 43.6 Å². The average Bonchev–Trinajstić information content (AvgIpc) is 2.35. The van der Waals surface area contributed by atoms with Gasteiger partial charge in [-0.15, -0.1) is 0 Å². The van der Waals surface area contributed by atoms with Crippen molar-refractivity contribution in [3.63, 3.8) is 0 Å². The zero-order valence-corrected chi connectivity index (χ0v) is 50.8. The minimum Gasteiger partial charge on any atom is -0.549 e. The molecular formula is C57H71GaN14O16. The fraction of sp³-hybridized carbons (Fsp3) is 0.439. The number of carbonyl (C=O) groups excluding carboxylic acids is 7. The largest absolute Gasteiger partial charge is 3.00 e. The summed E-state index contributed by atoms with van der Waals surface area (Å²) < 4.78 is 0. The maximum Gasteiger partial charge on any atom is 3.00 e. The first kappa shape index (κ1) is 68.9. The molecular weight excluding hydrogens is 1200 g/mol. The summed E-state index contributed by atoms with van der Waals surface area (Å²) in [5, 5.41) is 65.1. The van der Waals surface area contributed by atoms with E-state index in [0.29, 0.717) is 38.5 Å². The second-order valence-electron chi connectivity index (χ2n) is 21.3. The minimum atomic E-state index is -1.38. The van der Waals surface area contributed by atoms with E-state index in [4.69, 9.17) is 0 Å². The van der Waals surface area contributed by atoms with Gasteiger partial charge in [0.1, 0.15) is 11.4 Å². The van der Waals surface area contributed by atoms with Gasteiger partial charge in [-0.3, -0.25) is 94.5 Å². The number of para-hydroxylation sites is 2. The van der Waals surface area contributed by atoms with E-state index in [2.05, 4.69) is 31.7 Å². The summed E-state index contributed by atoms with van der Waals surface area (Å²) in [6, 6.07) is 23.2. The maximum absolute atomic E-state index is 14.7. The quantitative estimate of drug-likeness (QED) is 0.0244. The van der Waals surface area contributed by atoms with E-state index in [9.17, 15) is 78.6 Å². The molecule has 0 spiro atoms. The Kier molecular flexibility index (Phi) is 26.4. The number of H-pyrrole nitrogens is 2. The summed E-state index contributed by atoms with van der Waals surface area (Å²) in [6.45, 7) is -1.21. The third-order valence-corrected chi connectivity index (χ3v) is 15.0. The number of hydrazine groups is 2. The molecule has 4 amide bonds. The van der Waals surface area contributed by atoms with Crippen molar-refractivity contribution in [2.24, 2.45) is 0 Å². The van der Waals surface area contributed by atoms with E-state index in [1.165, 1.54) is 14.7 Å². The van der Waals surface area contributed by atoms with Gasteiger partial charge in [0.2, 0.25) is 0 Å². The topological polar surface area (TPSA) is 406 Å². The van der Waals surface area contributed by atoms with Gasteiger partial charge in [0.15, 0.2) is 0 Å². The summed E-state index contributed by atoms with van der Waals surface area (Å²) in [5.41, 5.74) is 12.5. The van der Waals surface area contributed by atoms with Crippen molar-refractivity contribution in [1.29, 1.82) is 0 Å². The monoisotopic (exact) mass is 1280 g/mol. The Bertz CT molecular complexity index is 3000. The van der Waals surface area contributed by atoms with Crippen LogP contribution in [0.3, 0.4) is 0 Å². The van der Waals surface area contributed by atoms with Crippen LogP contribution in [0.2, 0.25) is 0 Å². The molecule has 4 heterocycles. The van der Waals surface area contributed by atoms with Gasteiger partial charge in [0, 0.05) is 163 Å². The normalized spacial score (nSPS) is 17.0. The van der Waals surface area contributed by atoms with Crippen LogP contribution in [0.4, 0.5) is 0 Å². The molecule has 2 aromatic heterocycles. The minimum absolute atomic E-state index is 0. The van der Waals surface area contributed by atoms with Crippen molar-refractivity contribution in [2.45, 2.75) is 5.92 Å². The van der Waals surface area contributed by atoms with Gasteiger partial charge in [-0.25, -0.2) is 0 Å². The van der Waals surface area contributed by atoms with Gasteiger partial charge in [0.25, 0.3) is 23.6 Å². The molecule has 31 heteroatoms. The molecule has 0 radical (unpaired) electrons. The Labute approximate surface area is 518 Å². The molecule has 9 N–H and O–H groups in total. The van der Waals surface area contributed by atoms with Gasteiger partial charge < -0.3 is 55.0 Å². The molecule has 468 valence electrons. The predicted molar refractivity (Wildman–Crippen MR) is 310 cm³/mol. The standard InChI is InChI=1S/C57H74N14O16.Ga/c72-43(30-64-14-18-66(32-45(74)75)22-26-70(36-49(82)83)27-23-67(19-15-64)33-46(76)77)60-62-56(86)54-52(39-10-4-6-12-41(39)58-54)51(38-8-2-1-3-9-38)53-40-11-5-7-13-42(40)59-55(53)57(87)63-61-44(73)31-65-16-20-68(34-47(78)79)24-28-71(37-50(84)85)29-25-69(21-17-65)35-48(80)81;/h1-13,51,58-59H,14-37H2,(H,60,72)(H,61,73)(H,62,86)(H,63,87)(H,74,75)(H,76,77)(H,78,79)(H,80,81)(H,82,83)(H,84,85);/q;+3/p-3/i;1-2. The number of fused-ring (bicyclic) bond motifs is 2. The van der Waals surface area contributed by atoms with Crippen LogP contribution >= 0.6 is 0 Å². The molecule has 2 saturated heterocycles. The van der Waals surface area contributed by atoms with Crippen molar-refractivity contribution in [3.8, 4) is 0 Å². The number of nitrogens with zero attached hydrogens (tertiary/aromatic N) is 8. The number of hydrogen-bond donors (Lipinski definition) is 9. The number of hydrogen-bond acceptors (Lipinski definition) is 21. The molecule has 2 aliphatic rings. The zero-order valence-electron chi connectivity index (χ0n) is 48.4. The number of carbonyl (C=O) groups is 10. The first-order valence-corrected chi connectivity index (χ1v) is 28.2. The summed E-state index contributed by atoms with van der Waals surface area (Å²) >= 11 is 0. The third-order valence-electron chi connectivity index (χ3n) is 15.0. The number of benzene rings is 3. The van der Waals surface area contributed by atoms with Crippen molar-refractivity contribution < 1.29 is 78.6 Å². The van der Waals surface area contributed by atoms with E-state index >= 15 is 0 Å². The van der Waals surface area contributed by atoms with Gasteiger partial charge in [-0.1, -0.05) is 66.7 Å². The zero-order chi connectivity index (χ0) is 62.6. The molecule has 5 aromatic rings. The third kappa shape index (κ3) is 21.0. The Morgan fingerprint density at radius 1 is 0.375 bits per heavy atom. The van der Waals surface area contributed by atoms with Crippen LogP contribution in [0.15, 0.2) is 78.9 Å². The first-order valence-electron chi connectivity index (χ1n) is 28.2. The number of carboxylic acids is 6. The predicted octanol–water partition coefficient (Wildman–Crippen LogP) is -6.08. The van der Waals surface area contributed by atoms with Crippen LogP contribution < -0.4 is 37.0 Å². The second-order valence-corrected chi connectivity index (χ2v) is 21.3. The summed E-state index contributed by atoms with van der Waals surface area (Å²) in [4.78, 5) is 147. The van der Waals surface area contributed by atoms with Crippen molar-refractivity contribution in [3.05, 3.63) is 107 Å². The van der Waals surface area contributed by atoms with Crippen LogP contribution in [-0.4, -0.2) is 301 Å². The molecule has 88 heavy (non-hydrogen) atoms. The molecule has 7 rings (SSSR count). The molecule has 1 atom stereocenters. The Balaban J connectivity index is 0.0000124. The van der Waals surface area contributed by atoms with Gasteiger partial charge in [-0.2, -0.15) is 0 Å². The van der Waals surface area contributed by atoms with Gasteiger partial charge in [-0.05, 0) is 17.7 Å². The summed E-state index contributed by atoms with van der Waals surface area (Å²) in [6.07, 6.45) is 0. The van der Waals surface area contributed by atoms with Gasteiger partial charge >= 0.3 is 37.7 Å². The number of aromatic nitrogens is 2. The fourth-order valence-electron chi connectivity index (χ4n) is 10.8. The van der Waals surface area contributed by atoms with E-state index < -0.39 is 85.0 Å². The molecule has 3 aromatic carbocycles. The van der Waals surface area contributed by atoms with Crippen molar-refractivity contribution in [1.82, 2.24) is 70.9 Å². The Morgan fingerprint density at radius 3 is 0.920 bits per heavy atom. The molecule has 1 unspecified atom stereocenters. The molecule has 2 aliphatic heterocycles. The van der Waals surface area contributed by atoms with Crippen LogP contribution in [0, 0.1) is 0 Å². The summed E-state index contributed by atoms with van der Waals surface area (Å²) in [7, 11) is 0. The van der Waals surface area contributed by atoms with Crippen molar-refractivity contribution in [2.75, 3.05) is 157 Å². The number of aliphatic carboxylic acids is 6. The van der Waals surface area contributed by atoms with E-state index in [-0.39, 0.29) is 169 Å². The van der Waals surface area contributed by atoms with E-state index in [1.807, 2.05) is 12.1 Å². The fourth-order valence-corrected chi connectivity index (χ4v) is 10.8. The van der Waals surface area contributed by atoms with Crippen LogP contribution in [0.25, 0.3) is 21.8 Å². The number of rotatable bonds is 21. The van der Waals surface area contributed by atoms with Crippen LogP contribution in [-0.2, 0) is 38.4 Å². The second kappa shape index (κ2) is 33.8. The average molecular weight is 1280 g/mol. The van der Waals surface area contributed by atoms with Crippen molar-refractivity contribution >= 4 is 101 Å². The molecule has 0 bridgehead atoms. The summed E-state index contributed by atoms with van der Waals surface area (Å²) in [5.74, 6) is -11.3. The molecule has 0 aliphatic carbocycles. The maximum atomic E-state index is 14.7. The first-order chi connectivity index (χ1) is 41.7. The smallest absolute Gasteiger partial charge is 0.549 e. The number of nitrogens with one attached hydrogen (secondary N) is 6. The van der Waals surface area contributed by atoms with E-state index in [1.54, 1.807) is 91.2 Å². The van der Waals surface area contributed by atoms with Crippen LogP contribution in [0.5, 0.6) is 0 Å². The number of amides is 4. The van der Waals surface area contributed by atoms with E-state index in [0.717, 1.165) is 0 Å². The SMILES string of the molecule is O=C([O-])CN1CCN(CC(=O)[O-])CCN(CC(=O)NNC(=O)c2[nH]c3ccccc3c2C(c2ccccc2)c2c(C(=O)NNC(=O)CN3CCN(CC(=O)O)CCN(CC(=O)O)CCN(CC(=O)O)CC3)[nH]c3ccccc23)CCN(CC(=O)[O-])CC1.[68Ga+3]. The molecule has 0 saturated carbocycles. The number of carboxylic acid groups (broad SMARTS) is 6. The van der Waals surface area contributed by atoms with Gasteiger partial charge in [0.05, 0.1) is 50.6 Å². The molecule has 30 nitrogen and oxygen atoms in total. The molecule has 2 fully saturated rings. The Hall–Kier alpha value is -8.24.